The first-order valence-corrected chi connectivity index (χ1v) is 6.15. The molecule has 4 nitrogen and oxygen atoms in total. The van der Waals surface area contributed by atoms with Crippen molar-refractivity contribution in [1.82, 2.24) is 15.2 Å². The van der Waals surface area contributed by atoms with Gasteiger partial charge in [-0.25, -0.2) is 0 Å². The van der Waals surface area contributed by atoms with Crippen molar-refractivity contribution in [1.29, 1.82) is 0 Å². The van der Waals surface area contributed by atoms with Gasteiger partial charge in [-0.15, -0.1) is 0 Å². The third-order valence-corrected chi connectivity index (χ3v) is 3.21. The van der Waals surface area contributed by atoms with Crippen LogP contribution in [0.5, 0.6) is 0 Å². The summed E-state index contributed by atoms with van der Waals surface area (Å²) in [6, 6.07) is 4.26. The molecule has 0 radical (unpaired) electrons. The van der Waals surface area contributed by atoms with E-state index >= 15 is 0 Å². The van der Waals surface area contributed by atoms with Crippen LogP contribution in [0.3, 0.4) is 0 Å². The Labute approximate surface area is 103 Å². The molecule has 1 aliphatic heterocycles. The van der Waals surface area contributed by atoms with Crippen LogP contribution in [0.4, 0.5) is 0 Å². The Morgan fingerprint density at radius 2 is 2.41 bits per heavy atom. The molecule has 0 bridgehead atoms. The number of aromatic nitrogens is 1. The van der Waals surface area contributed by atoms with Gasteiger partial charge in [0.1, 0.15) is 0 Å². The maximum atomic E-state index is 5.36. The molecule has 1 aliphatic rings. The monoisotopic (exact) mass is 235 g/mol. The van der Waals surface area contributed by atoms with E-state index in [0.717, 1.165) is 38.3 Å². The molecule has 1 aromatic rings. The second-order valence-corrected chi connectivity index (χ2v) is 4.57. The van der Waals surface area contributed by atoms with Crippen molar-refractivity contribution in [3.05, 3.63) is 29.6 Å². The van der Waals surface area contributed by atoms with Gasteiger partial charge >= 0.3 is 0 Å². The molecule has 1 fully saturated rings. The van der Waals surface area contributed by atoms with Crippen molar-refractivity contribution in [2.45, 2.75) is 25.6 Å². The van der Waals surface area contributed by atoms with Gasteiger partial charge in [-0.05, 0) is 25.1 Å². The van der Waals surface area contributed by atoms with E-state index in [1.54, 1.807) is 7.11 Å². The molecule has 17 heavy (non-hydrogen) atoms. The standard InChI is InChI=1S/C13H21N3O/c1-14-7-11-3-4-12(15-8-11)9-16-6-5-13(10-16)17-2/h3-4,8,13-14H,5-7,9-10H2,1-2H3. The van der Waals surface area contributed by atoms with Gasteiger partial charge in [0.05, 0.1) is 11.8 Å². The Morgan fingerprint density at radius 3 is 3.00 bits per heavy atom. The molecular formula is C13H21N3O. The fourth-order valence-corrected chi connectivity index (χ4v) is 2.22. The molecule has 1 N–H and O–H groups in total. The summed E-state index contributed by atoms with van der Waals surface area (Å²) in [6.07, 6.45) is 3.49. The topological polar surface area (TPSA) is 37.4 Å². The van der Waals surface area contributed by atoms with E-state index < -0.39 is 0 Å². The average molecular weight is 235 g/mol. The highest BCUT2D eigenvalue weighted by molar-refractivity contribution is 5.14. The van der Waals surface area contributed by atoms with Crippen molar-refractivity contribution in [2.75, 3.05) is 27.2 Å². The summed E-state index contributed by atoms with van der Waals surface area (Å²) in [6.45, 7) is 3.94. The van der Waals surface area contributed by atoms with E-state index in [9.17, 15) is 0 Å². The molecule has 2 heterocycles. The van der Waals surface area contributed by atoms with E-state index in [4.69, 9.17) is 4.74 Å². The summed E-state index contributed by atoms with van der Waals surface area (Å²) in [5.41, 5.74) is 2.37. The zero-order valence-electron chi connectivity index (χ0n) is 10.6. The van der Waals surface area contributed by atoms with Crippen molar-refractivity contribution >= 4 is 0 Å². The fourth-order valence-electron chi connectivity index (χ4n) is 2.22. The van der Waals surface area contributed by atoms with Gasteiger partial charge in [-0.1, -0.05) is 6.07 Å². The SMILES string of the molecule is CNCc1ccc(CN2CCC(OC)C2)nc1. The van der Waals surface area contributed by atoms with Gasteiger partial charge in [0, 0.05) is 39.5 Å². The minimum atomic E-state index is 0.401. The van der Waals surface area contributed by atoms with Crippen molar-refractivity contribution in [3.8, 4) is 0 Å². The van der Waals surface area contributed by atoms with Crippen LogP contribution in [0, 0.1) is 0 Å². The van der Waals surface area contributed by atoms with Gasteiger partial charge in [-0.3, -0.25) is 9.88 Å². The Hall–Kier alpha value is -0.970. The Bertz CT molecular complexity index is 339. The number of hydrogen-bond donors (Lipinski definition) is 1. The molecule has 1 saturated heterocycles. The first-order chi connectivity index (χ1) is 8.31. The Morgan fingerprint density at radius 1 is 1.53 bits per heavy atom. The number of likely N-dealkylation sites (tertiary alicyclic amines) is 1. The number of nitrogens with one attached hydrogen (secondary N) is 1. The number of rotatable bonds is 5. The number of ether oxygens (including phenoxy) is 1. The summed E-state index contributed by atoms with van der Waals surface area (Å²) >= 11 is 0. The third-order valence-electron chi connectivity index (χ3n) is 3.21. The van der Waals surface area contributed by atoms with Crippen LogP contribution >= 0.6 is 0 Å². The minimum Gasteiger partial charge on any atom is -0.380 e. The second-order valence-electron chi connectivity index (χ2n) is 4.57. The molecular weight excluding hydrogens is 214 g/mol. The van der Waals surface area contributed by atoms with Gasteiger partial charge in [0.2, 0.25) is 0 Å². The van der Waals surface area contributed by atoms with Crippen LogP contribution < -0.4 is 5.32 Å². The zero-order chi connectivity index (χ0) is 12.1. The zero-order valence-corrected chi connectivity index (χ0v) is 10.6. The van der Waals surface area contributed by atoms with Crippen LogP contribution in [-0.2, 0) is 17.8 Å². The number of pyridine rings is 1. The molecule has 4 heteroatoms. The lowest BCUT2D eigenvalue weighted by atomic mass is 10.2. The smallest absolute Gasteiger partial charge is 0.0710 e. The molecule has 1 atom stereocenters. The highest BCUT2D eigenvalue weighted by Crippen LogP contribution is 2.14. The highest BCUT2D eigenvalue weighted by atomic mass is 16.5. The normalized spacial score (nSPS) is 20.9. The quantitative estimate of drug-likeness (QED) is 0.827. The van der Waals surface area contributed by atoms with E-state index in [1.807, 2.05) is 13.2 Å². The van der Waals surface area contributed by atoms with E-state index in [-0.39, 0.29) is 0 Å². The van der Waals surface area contributed by atoms with Gasteiger partial charge in [0.15, 0.2) is 0 Å². The predicted molar refractivity (Wildman–Crippen MR) is 67.7 cm³/mol. The van der Waals surface area contributed by atoms with E-state index in [2.05, 4.69) is 27.3 Å². The Kier molecular flexibility index (Phi) is 4.48. The number of nitrogens with zero attached hydrogens (tertiary/aromatic N) is 2. The maximum Gasteiger partial charge on any atom is 0.0710 e. The van der Waals surface area contributed by atoms with Crippen LogP contribution in [-0.4, -0.2) is 43.2 Å². The fraction of sp³-hybridized carbons (Fsp3) is 0.615. The highest BCUT2D eigenvalue weighted by Gasteiger charge is 2.21. The van der Waals surface area contributed by atoms with Gasteiger partial charge < -0.3 is 10.1 Å². The average Bonchev–Trinajstić information content (AvgIpc) is 2.80. The molecule has 0 saturated carbocycles. The number of methoxy groups -OCH3 is 1. The molecule has 0 spiro atoms. The maximum absolute atomic E-state index is 5.36. The first-order valence-electron chi connectivity index (χ1n) is 6.15. The molecule has 2 rings (SSSR count). The van der Waals surface area contributed by atoms with Crippen LogP contribution in [0.2, 0.25) is 0 Å². The Balaban J connectivity index is 1.86. The van der Waals surface area contributed by atoms with Crippen LogP contribution in [0.25, 0.3) is 0 Å². The number of hydrogen-bond acceptors (Lipinski definition) is 4. The largest absolute Gasteiger partial charge is 0.380 e. The lowest BCUT2D eigenvalue weighted by molar-refractivity contribution is 0.107. The minimum absolute atomic E-state index is 0.401. The first kappa shape index (κ1) is 12.5. The van der Waals surface area contributed by atoms with Crippen molar-refractivity contribution < 1.29 is 4.74 Å². The van der Waals surface area contributed by atoms with Crippen molar-refractivity contribution in [3.63, 3.8) is 0 Å². The summed E-state index contributed by atoms with van der Waals surface area (Å²) < 4.78 is 5.36. The van der Waals surface area contributed by atoms with Crippen molar-refractivity contribution in [2.24, 2.45) is 0 Å². The van der Waals surface area contributed by atoms with E-state index in [0.29, 0.717) is 6.10 Å². The summed E-state index contributed by atoms with van der Waals surface area (Å²) in [4.78, 5) is 6.89. The third kappa shape index (κ3) is 3.49. The van der Waals surface area contributed by atoms with Gasteiger partial charge in [0.25, 0.3) is 0 Å². The molecule has 0 amide bonds. The van der Waals surface area contributed by atoms with Crippen LogP contribution in [0.15, 0.2) is 18.3 Å². The molecule has 0 aromatic carbocycles. The summed E-state index contributed by atoms with van der Waals surface area (Å²) in [5, 5.41) is 3.12. The van der Waals surface area contributed by atoms with E-state index in [1.165, 1.54) is 5.56 Å². The lowest BCUT2D eigenvalue weighted by Crippen LogP contribution is -2.22. The van der Waals surface area contributed by atoms with Gasteiger partial charge in [-0.2, -0.15) is 0 Å². The summed E-state index contributed by atoms with van der Waals surface area (Å²) in [7, 11) is 3.74. The lowest BCUT2D eigenvalue weighted by Gasteiger charge is -2.15. The second kappa shape index (κ2) is 6.10. The molecule has 1 unspecified atom stereocenters. The van der Waals surface area contributed by atoms with Crippen LogP contribution in [0.1, 0.15) is 17.7 Å². The molecule has 1 aromatic heterocycles. The predicted octanol–water partition coefficient (Wildman–Crippen LogP) is 1.02. The summed E-state index contributed by atoms with van der Waals surface area (Å²) in [5.74, 6) is 0. The molecule has 0 aliphatic carbocycles. The molecule has 94 valence electrons.